The van der Waals surface area contributed by atoms with Gasteiger partial charge in [0, 0.05) is 6.04 Å². The van der Waals surface area contributed by atoms with Gasteiger partial charge in [-0.1, -0.05) is 29.8 Å². The van der Waals surface area contributed by atoms with Gasteiger partial charge in [0.05, 0.1) is 2.88 Å². The Morgan fingerprint density at radius 1 is 1.29 bits per heavy atom. The third-order valence-corrected chi connectivity index (χ3v) is 4.71. The second-order valence-electron chi connectivity index (χ2n) is 4.22. The molecule has 1 N–H and O–H groups in total. The first kappa shape index (κ1) is 13.1. The molecule has 0 radical (unpaired) electrons. The number of halogens is 1. The first-order valence-electron chi connectivity index (χ1n) is 5.66. The summed E-state index contributed by atoms with van der Waals surface area (Å²) in [6.45, 7) is 2.13. The Kier molecular flexibility index (Phi) is 4.59. The number of aryl methyl sites for hydroxylation is 1. The zero-order valence-electron chi connectivity index (χ0n) is 10.0. The van der Waals surface area contributed by atoms with Gasteiger partial charge in [-0.15, -0.1) is 11.3 Å². The van der Waals surface area contributed by atoms with E-state index in [-0.39, 0.29) is 0 Å². The van der Waals surface area contributed by atoms with Gasteiger partial charge in [0.15, 0.2) is 0 Å². The predicted octanol–water partition coefficient (Wildman–Crippen LogP) is 4.16. The Labute approximate surface area is 120 Å². The first-order chi connectivity index (χ1) is 8.19. The molecule has 2 aromatic rings. The molecule has 0 saturated heterocycles. The molecule has 0 aliphatic heterocycles. The molecule has 1 heterocycles. The van der Waals surface area contributed by atoms with E-state index in [1.165, 1.54) is 19.6 Å². The summed E-state index contributed by atoms with van der Waals surface area (Å²) in [5, 5.41) is 5.65. The third-order valence-electron chi connectivity index (χ3n) is 2.90. The molecule has 1 aromatic carbocycles. The Morgan fingerprint density at radius 2 is 2.00 bits per heavy atom. The zero-order chi connectivity index (χ0) is 12.3. The quantitative estimate of drug-likeness (QED) is 0.810. The van der Waals surface area contributed by atoms with Crippen LogP contribution in [0.1, 0.15) is 22.7 Å². The monoisotopic (exact) mass is 357 g/mol. The van der Waals surface area contributed by atoms with E-state index in [2.05, 4.69) is 70.5 Å². The summed E-state index contributed by atoms with van der Waals surface area (Å²) in [5.74, 6) is 0. The number of likely N-dealkylation sites (N-methyl/N-ethyl adjacent to an activating group) is 1. The maximum atomic E-state index is 3.40. The van der Waals surface area contributed by atoms with E-state index in [9.17, 15) is 0 Å². The third kappa shape index (κ3) is 3.53. The second-order valence-corrected chi connectivity index (χ2v) is 7.02. The van der Waals surface area contributed by atoms with Crippen LogP contribution in [0.3, 0.4) is 0 Å². The standard InChI is InChI=1S/C14H16INS/c1-10-3-5-11(6-4-10)7-13(16-2)12-8-14(15)17-9-12/h3-6,8-9,13,16H,7H2,1-2H3. The molecule has 0 spiro atoms. The van der Waals surface area contributed by atoms with Crippen LogP contribution in [0.25, 0.3) is 0 Å². The van der Waals surface area contributed by atoms with Gasteiger partial charge in [-0.25, -0.2) is 0 Å². The van der Waals surface area contributed by atoms with Gasteiger partial charge in [-0.2, -0.15) is 0 Å². The van der Waals surface area contributed by atoms with Gasteiger partial charge >= 0.3 is 0 Å². The number of benzene rings is 1. The van der Waals surface area contributed by atoms with Crippen LogP contribution in [0.5, 0.6) is 0 Å². The van der Waals surface area contributed by atoms with Crippen molar-refractivity contribution in [1.29, 1.82) is 0 Å². The molecule has 0 aliphatic rings. The summed E-state index contributed by atoms with van der Waals surface area (Å²) < 4.78 is 1.35. The highest BCUT2D eigenvalue weighted by molar-refractivity contribution is 14.1. The van der Waals surface area contributed by atoms with Gasteiger partial charge in [-0.3, -0.25) is 0 Å². The van der Waals surface area contributed by atoms with Crippen LogP contribution in [-0.4, -0.2) is 7.05 Å². The Bertz CT molecular complexity index is 475. The number of nitrogens with one attached hydrogen (secondary N) is 1. The highest BCUT2D eigenvalue weighted by Crippen LogP contribution is 2.24. The van der Waals surface area contributed by atoms with E-state index >= 15 is 0 Å². The first-order valence-corrected chi connectivity index (χ1v) is 7.61. The summed E-state index contributed by atoms with van der Waals surface area (Å²) in [4.78, 5) is 0. The molecule has 17 heavy (non-hydrogen) atoms. The van der Waals surface area contributed by atoms with E-state index in [1.807, 2.05) is 18.4 Å². The van der Waals surface area contributed by atoms with Crippen LogP contribution < -0.4 is 5.32 Å². The minimum absolute atomic E-state index is 0.414. The molecule has 0 aliphatic carbocycles. The minimum atomic E-state index is 0.414. The molecule has 0 amide bonds. The van der Waals surface area contributed by atoms with Crippen LogP contribution in [0.4, 0.5) is 0 Å². The highest BCUT2D eigenvalue weighted by Gasteiger charge is 2.11. The van der Waals surface area contributed by atoms with Crippen molar-refractivity contribution in [3.8, 4) is 0 Å². The van der Waals surface area contributed by atoms with E-state index in [0.717, 1.165) is 6.42 Å². The topological polar surface area (TPSA) is 12.0 Å². The van der Waals surface area contributed by atoms with Crippen LogP contribution in [0.15, 0.2) is 35.7 Å². The second kappa shape index (κ2) is 5.98. The molecule has 0 bridgehead atoms. The van der Waals surface area contributed by atoms with Gasteiger partial charge in [0.1, 0.15) is 0 Å². The molecule has 1 nitrogen and oxygen atoms in total. The van der Waals surface area contributed by atoms with E-state index in [4.69, 9.17) is 0 Å². The van der Waals surface area contributed by atoms with Crippen molar-refractivity contribution in [2.75, 3.05) is 7.05 Å². The number of hydrogen-bond donors (Lipinski definition) is 1. The van der Waals surface area contributed by atoms with E-state index < -0.39 is 0 Å². The molecule has 1 unspecified atom stereocenters. The Balaban J connectivity index is 2.12. The molecule has 1 atom stereocenters. The van der Waals surface area contributed by atoms with Crippen LogP contribution >= 0.6 is 33.9 Å². The van der Waals surface area contributed by atoms with Crippen LogP contribution in [-0.2, 0) is 6.42 Å². The van der Waals surface area contributed by atoms with Crippen molar-refractivity contribution in [2.45, 2.75) is 19.4 Å². The van der Waals surface area contributed by atoms with Gasteiger partial charge in [0.25, 0.3) is 0 Å². The average molecular weight is 357 g/mol. The van der Waals surface area contributed by atoms with Crippen molar-refractivity contribution in [3.63, 3.8) is 0 Å². The lowest BCUT2D eigenvalue weighted by Gasteiger charge is -2.15. The number of thiophene rings is 1. The van der Waals surface area contributed by atoms with Crippen molar-refractivity contribution >= 4 is 33.9 Å². The molecule has 1 aromatic heterocycles. The molecule has 0 saturated carbocycles. The van der Waals surface area contributed by atoms with Crippen LogP contribution in [0.2, 0.25) is 0 Å². The summed E-state index contributed by atoms with van der Waals surface area (Å²) in [6, 6.07) is 11.5. The summed E-state index contributed by atoms with van der Waals surface area (Å²) >= 11 is 4.18. The van der Waals surface area contributed by atoms with Crippen molar-refractivity contribution in [1.82, 2.24) is 5.32 Å². The fourth-order valence-electron chi connectivity index (χ4n) is 1.85. The lowest BCUT2D eigenvalue weighted by molar-refractivity contribution is 0.594. The summed E-state index contributed by atoms with van der Waals surface area (Å²) in [7, 11) is 2.03. The highest BCUT2D eigenvalue weighted by atomic mass is 127. The Hall–Kier alpha value is -0.390. The SMILES string of the molecule is CNC(Cc1ccc(C)cc1)c1csc(I)c1. The lowest BCUT2D eigenvalue weighted by atomic mass is 10.0. The van der Waals surface area contributed by atoms with Crippen molar-refractivity contribution < 1.29 is 0 Å². The molecular formula is C14H16INS. The largest absolute Gasteiger partial charge is 0.313 e. The van der Waals surface area contributed by atoms with Crippen molar-refractivity contribution in [3.05, 3.63) is 55.3 Å². The minimum Gasteiger partial charge on any atom is -0.313 e. The predicted molar refractivity (Wildman–Crippen MR) is 83.7 cm³/mol. The number of hydrogen-bond acceptors (Lipinski definition) is 2. The van der Waals surface area contributed by atoms with Crippen LogP contribution in [0, 0.1) is 9.81 Å². The smallest absolute Gasteiger partial charge is 0.0656 e. The van der Waals surface area contributed by atoms with Gasteiger partial charge in [-0.05, 0) is 65.6 Å². The lowest BCUT2D eigenvalue weighted by Crippen LogP contribution is -2.18. The molecule has 3 heteroatoms. The maximum Gasteiger partial charge on any atom is 0.0656 e. The summed E-state index contributed by atoms with van der Waals surface area (Å²) in [5.41, 5.74) is 4.10. The van der Waals surface area contributed by atoms with Gasteiger partial charge < -0.3 is 5.32 Å². The molecular weight excluding hydrogens is 341 g/mol. The molecule has 90 valence electrons. The van der Waals surface area contributed by atoms with E-state index in [1.54, 1.807) is 0 Å². The normalized spacial score (nSPS) is 12.6. The van der Waals surface area contributed by atoms with Crippen molar-refractivity contribution in [2.24, 2.45) is 0 Å². The average Bonchev–Trinajstić information content (AvgIpc) is 2.75. The maximum absolute atomic E-state index is 3.40. The number of rotatable bonds is 4. The molecule has 0 fully saturated rings. The Morgan fingerprint density at radius 3 is 2.53 bits per heavy atom. The van der Waals surface area contributed by atoms with E-state index in [0.29, 0.717) is 6.04 Å². The summed E-state index contributed by atoms with van der Waals surface area (Å²) in [6.07, 6.45) is 1.05. The fourth-order valence-corrected chi connectivity index (χ4v) is 3.28. The zero-order valence-corrected chi connectivity index (χ0v) is 13.0. The molecule has 2 rings (SSSR count). The fraction of sp³-hybridized carbons (Fsp3) is 0.286. The van der Waals surface area contributed by atoms with Gasteiger partial charge in [0.2, 0.25) is 0 Å².